The predicted octanol–water partition coefficient (Wildman–Crippen LogP) is 1.52. The number of nitrogens with one attached hydrogen (secondary N) is 1. The molecule has 7 nitrogen and oxygen atoms in total. The lowest BCUT2D eigenvalue weighted by Crippen LogP contribution is -2.45. The first-order valence-corrected chi connectivity index (χ1v) is 9.37. The van der Waals surface area contributed by atoms with E-state index in [0.29, 0.717) is 35.7 Å². The molecule has 1 amide bonds. The minimum absolute atomic E-state index is 0.0838. The third kappa shape index (κ3) is 4.86. The Morgan fingerprint density at radius 2 is 1.85 bits per heavy atom. The van der Waals surface area contributed by atoms with Gasteiger partial charge in [0.05, 0.1) is 12.2 Å². The minimum atomic E-state index is -0.379. The molecular weight excluding hydrogens is 332 g/mol. The van der Waals surface area contributed by atoms with Crippen molar-refractivity contribution in [2.24, 2.45) is 0 Å². The highest BCUT2D eigenvalue weighted by Gasteiger charge is 2.24. The minimum Gasteiger partial charge on any atom is -0.462 e. The summed E-state index contributed by atoms with van der Waals surface area (Å²) in [7, 11) is 3.96. The lowest BCUT2D eigenvalue weighted by atomic mass is 10.1. The van der Waals surface area contributed by atoms with E-state index in [1.54, 1.807) is 25.7 Å². The molecule has 0 aromatic carbocycles. The number of esters is 1. The van der Waals surface area contributed by atoms with Gasteiger partial charge < -0.3 is 24.4 Å². The number of hydrogen-bond donors (Lipinski definition) is 1. The van der Waals surface area contributed by atoms with E-state index in [-0.39, 0.29) is 11.9 Å². The third-order valence-electron chi connectivity index (χ3n) is 5.04. The molecule has 0 aliphatic carbocycles. The molecule has 1 aromatic rings. The number of aryl methyl sites for hydroxylation is 1. The van der Waals surface area contributed by atoms with E-state index >= 15 is 0 Å². The zero-order chi connectivity index (χ0) is 19.3. The lowest BCUT2D eigenvalue weighted by molar-refractivity contribution is 0.0525. The van der Waals surface area contributed by atoms with E-state index in [0.717, 1.165) is 39.1 Å². The molecule has 0 atom stereocenters. The number of rotatable bonds is 7. The monoisotopic (exact) mass is 364 g/mol. The summed E-state index contributed by atoms with van der Waals surface area (Å²) < 4.78 is 5.09. The molecule has 0 saturated carbocycles. The Morgan fingerprint density at radius 3 is 2.46 bits per heavy atom. The van der Waals surface area contributed by atoms with Crippen LogP contribution in [0.1, 0.15) is 45.4 Å². The van der Waals surface area contributed by atoms with Crippen LogP contribution in [0.5, 0.6) is 0 Å². The lowest BCUT2D eigenvalue weighted by Gasteiger charge is -2.32. The summed E-state index contributed by atoms with van der Waals surface area (Å²) >= 11 is 0. The van der Waals surface area contributed by atoms with Crippen molar-refractivity contribution < 1.29 is 14.3 Å². The second-order valence-electron chi connectivity index (χ2n) is 7.07. The maximum Gasteiger partial charge on any atom is 0.340 e. The number of amides is 1. The van der Waals surface area contributed by atoms with Crippen LogP contribution in [0.4, 0.5) is 0 Å². The summed E-state index contributed by atoms with van der Waals surface area (Å²) in [5, 5.41) is 0. The van der Waals surface area contributed by atoms with E-state index in [1.807, 2.05) is 7.05 Å². The molecule has 26 heavy (non-hydrogen) atoms. The number of aromatic nitrogens is 1. The van der Waals surface area contributed by atoms with Gasteiger partial charge in [-0.2, -0.15) is 0 Å². The number of carbonyl (C=O) groups is 2. The molecule has 1 saturated heterocycles. The molecule has 2 rings (SSSR count). The topological polar surface area (TPSA) is 68.9 Å². The Kier molecular flexibility index (Phi) is 7.23. The van der Waals surface area contributed by atoms with E-state index in [9.17, 15) is 9.59 Å². The van der Waals surface area contributed by atoms with Gasteiger partial charge >= 0.3 is 5.97 Å². The van der Waals surface area contributed by atoms with Gasteiger partial charge in [-0.3, -0.25) is 4.79 Å². The second kappa shape index (κ2) is 9.19. The van der Waals surface area contributed by atoms with E-state index in [2.05, 4.69) is 21.8 Å². The molecular formula is C19H32N4O3. The number of likely N-dealkylation sites (N-methyl/N-ethyl adjacent to an activating group) is 1. The number of carbonyl (C=O) groups excluding carboxylic acids is 2. The molecule has 1 aliphatic rings. The maximum absolute atomic E-state index is 12.8. The molecule has 0 radical (unpaired) electrons. The van der Waals surface area contributed by atoms with Gasteiger partial charge in [0.2, 0.25) is 0 Å². The van der Waals surface area contributed by atoms with Gasteiger partial charge in [0.1, 0.15) is 5.69 Å². The summed E-state index contributed by atoms with van der Waals surface area (Å²) in [6, 6.07) is 0. The van der Waals surface area contributed by atoms with Gasteiger partial charge in [0, 0.05) is 45.5 Å². The zero-order valence-corrected chi connectivity index (χ0v) is 16.7. The fourth-order valence-electron chi connectivity index (χ4n) is 3.37. The van der Waals surface area contributed by atoms with Crippen molar-refractivity contribution in [3.05, 3.63) is 22.5 Å². The molecule has 7 heteroatoms. The highest BCUT2D eigenvalue weighted by Crippen LogP contribution is 2.20. The van der Waals surface area contributed by atoms with Crippen LogP contribution in [-0.4, -0.2) is 91.5 Å². The molecule has 0 unspecified atom stereocenters. The van der Waals surface area contributed by atoms with Crippen molar-refractivity contribution in [2.75, 3.05) is 60.0 Å². The Balaban J connectivity index is 1.91. The number of ether oxygens (including phenoxy) is 1. The Morgan fingerprint density at radius 1 is 1.19 bits per heavy atom. The Hall–Kier alpha value is -1.86. The van der Waals surface area contributed by atoms with Crippen LogP contribution >= 0.6 is 0 Å². The maximum atomic E-state index is 12.8. The number of nitrogens with zero attached hydrogens (tertiary/aromatic N) is 3. The number of aromatic amines is 1. The highest BCUT2D eigenvalue weighted by molar-refractivity contribution is 6.00. The first-order valence-electron chi connectivity index (χ1n) is 9.37. The van der Waals surface area contributed by atoms with Crippen LogP contribution in [0.15, 0.2) is 0 Å². The molecule has 1 aliphatic heterocycles. The molecule has 0 spiro atoms. The highest BCUT2D eigenvalue weighted by atomic mass is 16.5. The molecule has 1 fully saturated rings. The average Bonchev–Trinajstić information content (AvgIpc) is 2.90. The zero-order valence-electron chi connectivity index (χ0n) is 16.7. The van der Waals surface area contributed by atoms with Crippen molar-refractivity contribution in [3.8, 4) is 0 Å². The van der Waals surface area contributed by atoms with Gasteiger partial charge in [-0.25, -0.2) is 4.79 Å². The number of piperazine rings is 1. The van der Waals surface area contributed by atoms with Gasteiger partial charge in [0.15, 0.2) is 0 Å². The van der Waals surface area contributed by atoms with Gasteiger partial charge in [-0.15, -0.1) is 0 Å². The smallest absolute Gasteiger partial charge is 0.340 e. The average molecular weight is 364 g/mol. The van der Waals surface area contributed by atoms with Gasteiger partial charge in [-0.1, -0.05) is 0 Å². The van der Waals surface area contributed by atoms with Crippen molar-refractivity contribution in [2.45, 2.75) is 27.2 Å². The third-order valence-corrected chi connectivity index (χ3v) is 5.04. The summed E-state index contributed by atoms with van der Waals surface area (Å²) in [5.41, 5.74) is 2.29. The van der Waals surface area contributed by atoms with Crippen molar-refractivity contribution >= 4 is 11.9 Å². The van der Waals surface area contributed by atoms with Crippen LogP contribution in [0.2, 0.25) is 0 Å². The summed E-state index contributed by atoms with van der Waals surface area (Å²) in [4.78, 5) is 34.4. The fraction of sp³-hybridized carbons (Fsp3) is 0.684. The van der Waals surface area contributed by atoms with Crippen molar-refractivity contribution in [1.82, 2.24) is 19.7 Å². The summed E-state index contributed by atoms with van der Waals surface area (Å²) in [5.74, 6) is -0.463. The van der Waals surface area contributed by atoms with E-state index in [4.69, 9.17) is 4.74 Å². The Labute approximate surface area is 156 Å². The normalized spacial score (nSPS) is 15.9. The quantitative estimate of drug-likeness (QED) is 0.743. The SMILES string of the molecule is CCOC(=O)c1c(C)[nH]c(C(=O)N(C)CCCN2CCN(C)CC2)c1C. The van der Waals surface area contributed by atoms with Gasteiger partial charge in [0.25, 0.3) is 5.91 Å². The number of hydrogen-bond acceptors (Lipinski definition) is 5. The molecule has 146 valence electrons. The predicted molar refractivity (Wildman–Crippen MR) is 102 cm³/mol. The summed E-state index contributed by atoms with van der Waals surface area (Å²) in [6.45, 7) is 11.8. The molecule has 1 aromatic heterocycles. The first-order chi connectivity index (χ1) is 12.3. The van der Waals surface area contributed by atoms with Crippen LogP contribution in [0.3, 0.4) is 0 Å². The van der Waals surface area contributed by atoms with Crippen LogP contribution < -0.4 is 0 Å². The Bertz CT molecular complexity index is 633. The fourth-order valence-corrected chi connectivity index (χ4v) is 3.37. The van der Waals surface area contributed by atoms with Crippen molar-refractivity contribution in [1.29, 1.82) is 0 Å². The largest absolute Gasteiger partial charge is 0.462 e. The first kappa shape index (κ1) is 20.5. The van der Waals surface area contributed by atoms with Crippen molar-refractivity contribution in [3.63, 3.8) is 0 Å². The van der Waals surface area contributed by atoms with Gasteiger partial charge in [-0.05, 0) is 46.3 Å². The molecule has 0 bridgehead atoms. The number of H-pyrrole nitrogens is 1. The summed E-state index contributed by atoms with van der Waals surface area (Å²) in [6.07, 6.45) is 0.940. The van der Waals surface area contributed by atoms with Crippen LogP contribution in [0.25, 0.3) is 0 Å². The van der Waals surface area contributed by atoms with E-state index < -0.39 is 0 Å². The van der Waals surface area contributed by atoms with Crippen LogP contribution in [0, 0.1) is 13.8 Å². The van der Waals surface area contributed by atoms with E-state index in [1.165, 1.54) is 0 Å². The second-order valence-corrected chi connectivity index (χ2v) is 7.07. The molecule has 1 N–H and O–H groups in total. The standard InChI is InChI=1S/C19H32N4O3/c1-6-26-19(25)16-14(2)17(20-15(16)3)18(24)22(5)8-7-9-23-12-10-21(4)11-13-23/h20H,6-13H2,1-5H3. The van der Waals surface area contributed by atoms with Crippen LogP contribution in [-0.2, 0) is 4.74 Å². The molecule has 2 heterocycles.